The van der Waals surface area contributed by atoms with E-state index >= 15 is 0 Å². The van der Waals surface area contributed by atoms with Gasteiger partial charge in [0.15, 0.2) is 0 Å². The normalized spacial score (nSPS) is 12.6. The van der Waals surface area contributed by atoms with Crippen molar-refractivity contribution >= 4 is 11.8 Å². The van der Waals surface area contributed by atoms with E-state index in [4.69, 9.17) is 4.42 Å². The summed E-state index contributed by atoms with van der Waals surface area (Å²) >= 11 is 1.59. The molecule has 0 spiro atoms. The minimum atomic E-state index is -0.453. The maximum atomic E-state index is 9.44. The fourth-order valence-corrected chi connectivity index (χ4v) is 2.11. The van der Waals surface area contributed by atoms with Crippen LogP contribution in [0.15, 0.2) is 46.2 Å². The molecular formula is C12H13NO2S. The van der Waals surface area contributed by atoms with Crippen LogP contribution < -0.4 is 0 Å². The number of nitrogens with zero attached hydrogens (tertiary/aromatic N) is 1. The van der Waals surface area contributed by atoms with Gasteiger partial charge in [0.05, 0.1) is 23.1 Å². The van der Waals surface area contributed by atoms with Crippen LogP contribution in [0.4, 0.5) is 0 Å². The molecule has 0 aliphatic heterocycles. The van der Waals surface area contributed by atoms with Gasteiger partial charge < -0.3 is 9.52 Å². The van der Waals surface area contributed by atoms with Crippen molar-refractivity contribution in [3.8, 4) is 0 Å². The van der Waals surface area contributed by atoms with E-state index in [1.54, 1.807) is 31.1 Å². The molecule has 84 valence electrons. The lowest BCUT2D eigenvalue weighted by molar-refractivity contribution is 0.199. The topological polar surface area (TPSA) is 46.3 Å². The summed E-state index contributed by atoms with van der Waals surface area (Å²) in [6.45, 7) is 1.75. The summed E-state index contributed by atoms with van der Waals surface area (Å²) in [6, 6.07) is 7.53. The standard InChI is InChI=1S/C12H13NO2S/c1-9(14)10-4-5-13-12(7-10)16-8-11-3-2-6-15-11/h2-7,9,14H,8H2,1H3/t9-/m1/s1. The molecule has 0 saturated heterocycles. The van der Waals surface area contributed by atoms with Crippen LogP contribution in [0.3, 0.4) is 0 Å². The molecule has 3 nitrogen and oxygen atoms in total. The van der Waals surface area contributed by atoms with Gasteiger partial charge in [0.2, 0.25) is 0 Å². The third-order valence-corrected chi connectivity index (χ3v) is 3.13. The van der Waals surface area contributed by atoms with E-state index < -0.39 is 6.10 Å². The molecule has 2 heterocycles. The molecule has 0 amide bonds. The van der Waals surface area contributed by atoms with Gasteiger partial charge in [-0.2, -0.15) is 0 Å². The zero-order valence-corrected chi connectivity index (χ0v) is 9.78. The molecular weight excluding hydrogens is 222 g/mol. The van der Waals surface area contributed by atoms with Crippen molar-refractivity contribution in [2.24, 2.45) is 0 Å². The van der Waals surface area contributed by atoms with Crippen molar-refractivity contribution in [1.82, 2.24) is 4.98 Å². The first-order valence-electron chi connectivity index (χ1n) is 5.05. The van der Waals surface area contributed by atoms with Gasteiger partial charge in [0, 0.05) is 6.20 Å². The first-order valence-corrected chi connectivity index (χ1v) is 6.03. The first kappa shape index (κ1) is 11.2. The van der Waals surface area contributed by atoms with Crippen LogP contribution in [-0.4, -0.2) is 10.1 Å². The Labute approximate surface area is 98.5 Å². The van der Waals surface area contributed by atoms with Crippen LogP contribution in [0.25, 0.3) is 0 Å². The highest BCUT2D eigenvalue weighted by atomic mass is 32.2. The second kappa shape index (κ2) is 5.18. The van der Waals surface area contributed by atoms with Crippen LogP contribution in [0, 0.1) is 0 Å². The van der Waals surface area contributed by atoms with Crippen LogP contribution in [0.5, 0.6) is 0 Å². The summed E-state index contributed by atoms with van der Waals surface area (Å²) in [5.41, 5.74) is 0.886. The van der Waals surface area contributed by atoms with E-state index in [0.29, 0.717) is 0 Å². The third kappa shape index (κ3) is 2.87. The van der Waals surface area contributed by atoms with Gasteiger partial charge in [-0.1, -0.05) is 11.8 Å². The smallest absolute Gasteiger partial charge is 0.114 e. The Balaban J connectivity index is 2.01. The lowest BCUT2D eigenvalue weighted by Crippen LogP contribution is -1.92. The summed E-state index contributed by atoms with van der Waals surface area (Å²) in [6.07, 6.45) is 2.92. The van der Waals surface area contributed by atoms with Gasteiger partial charge in [-0.05, 0) is 36.8 Å². The molecule has 0 aromatic carbocycles. The maximum absolute atomic E-state index is 9.44. The average Bonchev–Trinajstić information content (AvgIpc) is 2.79. The van der Waals surface area contributed by atoms with E-state index in [-0.39, 0.29) is 0 Å². The highest BCUT2D eigenvalue weighted by Gasteiger charge is 2.04. The van der Waals surface area contributed by atoms with Crippen LogP contribution in [0.2, 0.25) is 0 Å². The molecule has 2 aromatic heterocycles. The monoisotopic (exact) mass is 235 g/mol. The van der Waals surface area contributed by atoms with Crippen molar-refractivity contribution in [3.05, 3.63) is 48.0 Å². The molecule has 4 heteroatoms. The molecule has 0 aliphatic rings. The van der Waals surface area contributed by atoms with E-state index in [1.165, 1.54) is 0 Å². The van der Waals surface area contributed by atoms with Crippen LogP contribution >= 0.6 is 11.8 Å². The largest absolute Gasteiger partial charge is 0.468 e. The molecule has 2 rings (SSSR count). The second-order valence-corrected chi connectivity index (χ2v) is 4.47. The maximum Gasteiger partial charge on any atom is 0.114 e. The summed E-state index contributed by atoms with van der Waals surface area (Å²) < 4.78 is 5.23. The number of furan rings is 1. The van der Waals surface area contributed by atoms with Crippen molar-refractivity contribution < 1.29 is 9.52 Å². The Kier molecular flexibility index (Phi) is 3.64. The molecule has 16 heavy (non-hydrogen) atoms. The molecule has 0 aliphatic carbocycles. The summed E-state index contributed by atoms with van der Waals surface area (Å²) in [4.78, 5) is 4.23. The number of thioether (sulfide) groups is 1. The highest BCUT2D eigenvalue weighted by molar-refractivity contribution is 7.98. The Hall–Kier alpha value is -1.26. The number of hydrogen-bond donors (Lipinski definition) is 1. The van der Waals surface area contributed by atoms with Gasteiger partial charge in [-0.25, -0.2) is 4.98 Å². The van der Waals surface area contributed by atoms with E-state index in [0.717, 1.165) is 22.1 Å². The number of aromatic nitrogens is 1. The summed E-state index contributed by atoms with van der Waals surface area (Å²) in [7, 11) is 0. The van der Waals surface area contributed by atoms with Crippen molar-refractivity contribution in [2.75, 3.05) is 0 Å². The molecule has 0 radical (unpaired) electrons. The summed E-state index contributed by atoms with van der Waals surface area (Å²) in [5.74, 6) is 1.68. The molecule has 0 saturated carbocycles. The minimum absolute atomic E-state index is 0.453. The Morgan fingerprint density at radius 3 is 3.06 bits per heavy atom. The van der Waals surface area contributed by atoms with Gasteiger partial charge in [0.25, 0.3) is 0 Å². The Bertz CT molecular complexity index is 440. The summed E-state index contributed by atoms with van der Waals surface area (Å²) in [5, 5.41) is 10.3. The number of aliphatic hydroxyl groups excluding tert-OH is 1. The van der Waals surface area contributed by atoms with Crippen molar-refractivity contribution in [2.45, 2.75) is 23.8 Å². The SMILES string of the molecule is C[C@@H](O)c1ccnc(SCc2ccco2)c1. The Morgan fingerprint density at radius 1 is 1.50 bits per heavy atom. The second-order valence-electron chi connectivity index (χ2n) is 3.47. The quantitative estimate of drug-likeness (QED) is 0.827. The molecule has 2 aromatic rings. The molecule has 0 unspecified atom stereocenters. The average molecular weight is 235 g/mol. The predicted molar refractivity (Wildman–Crippen MR) is 63.1 cm³/mol. The molecule has 1 atom stereocenters. The highest BCUT2D eigenvalue weighted by Crippen LogP contribution is 2.23. The van der Waals surface area contributed by atoms with E-state index in [9.17, 15) is 5.11 Å². The fourth-order valence-electron chi connectivity index (χ4n) is 1.30. The zero-order chi connectivity index (χ0) is 11.4. The third-order valence-electron chi connectivity index (χ3n) is 2.18. The number of pyridine rings is 1. The van der Waals surface area contributed by atoms with E-state index in [1.807, 2.05) is 24.3 Å². The first-order chi connectivity index (χ1) is 7.75. The molecule has 0 bridgehead atoms. The zero-order valence-electron chi connectivity index (χ0n) is 8.96. The fraction of sp³-hybridized carbons (Fsp3) is 0.250. The van der Waals surface area contributed by atoms with Crippen LogP contribution in [0.1, 0.15) is 24.4 Å². The van der Waals surface area contributed by atoms with Gasteiger partial charge in [-0.3, -0.25) is 0 Å². The molecule has 0 fully saturated rings. The van der Waals surface area contributed by atoms with Crippen molar-refractivity contribution in [1.29, 1.82) is 0 Å². The number of rotatable bonds is 4. The lowest BCUT2D eigenvalue weighted by Gasteiger charge is -2.05. The number of hydrogen-bond acceptors (Lipinski definition) is 4. The lowest BCUT2D eigenvalue weighted by atomic mass is 10.2. The van der Waals surface area contributed by atoms with Crippen LogP contribution in [-0.2, 0) is 5.75 Å². The minimum Gasteiger partial charge on any atom is -0.468 e. The number of aliphatic hydroxyl groups is 1. The van der Waals surface area contributed by atoms with E-state index in [2.05, 4.69) is 4.98 Å². The van der Waals surface area contributed by atoms with Gasteiger partial charge in [0.1, 0.15) is 5.76 Å². The Morgan fingerprint density at radius 2 is 2.38 bits per heavy atom. The predicted octanol–water partition coefficient (Wildman–Crippen LogP) is 3.02. The van der Waals surface area contributed by atoms with Gasteiger partial charge >= 0.3 is 0 Å². The van der Waals surface area contributed by atoms with Gasteiger partial charge in [-0.15, -0.1) is 0 Å². The van der Waals surface area contributed by atoms with Crippen molar-refractivity contribution in [3.63, 3.8) is 0 Å². The molecule has 1 N–H and O–H groups in total.